The Bertz CT molecular complexity index is 918. The molecule has 0 fully saturated rings. The number of aromatic amines is 1. The van der Waals surface area contributed by atoms with Crippen LogP contribution in [0.25, 0.3) is 11.0 Å². The summed E-state index contributed by atoms with van der Waals surface area (Å²) in [5.41, 5.74) is 2.36. The number of H-pyrrole nitrogens is 1. The van der Waals surface area contributed by atoms with Crippen LogP contribution < -0.4 is 5.32 Å². The lowest BCUT2D eigenvalue weighted by molar-refractivity contribution is 0.196. The van der Waals surface area contributed by atoms with Crippen LogP contribution in [-0.2, 0) is 13.5 Å². The van der Waals surface area contributed by atoms with E-state index in [0.29, 0.717) is 25.0 Å². The lowest BCUT2D eigenvalue weighted by Crippen LogP contribution is -2.42. The van der Waals surface area contributed by atoms with Crippen LogP contribution in [0.3, 0.4) is 0 Å². The third-order valence-electron chi connectivity index (χ3n) is 4.70. The van der Waals surface area contributed by atoms with E-state index < -0.39 is 0 Å². The van der Waals surface area contributed by atoms with E-state index in [1.165, 1.54) is 12.1 Å². The van der Waals surface area contributed by atoms with E-state index >= 15 is 0 Å². The Balaban J connectivity index is 1.63. The minimum absolute atomic E-state index is 0.0896. The number of halogens is 1. The zero-order valence-corrected chi connectivity index (χ0v) is 15.9. The first-order chi connectivity index (χ1) is 13.0. The zero-order chi connectivity index (χ0) is 19.4. The number of urea groups is 1. The molecule has 3 aromatic rings. The average Bonchev–Trinajstić information content (AvgIpc) is 3.25. The first-order valence-electron chi connectivity index (χ1n) is 9.19. The van der Waals surface area contributed by atoms with Gasteiger partial charge in [-0.3, -0.25) is 4.68 Å². The number of aromatic nitrogens is 4. The fourth-order valence-corrected chi connectivity index (χ4v) is 3.15. The van der Waals surface area contributed by atoms with Gasteiger partial charge in [-0.25, -0.2) is 14.2 Å². The van der Waals surface area contributed by atoms with Crippen LogP contribution >= 0.6 is 0 Å². The molecule has 2 amide bonds. The number of nitrogens with zero attached hydrogens (tertiary/aromatic N) is 4. The topological polar surface area (TPSA) is 78.8 Å². The second-order valence-corrected chi connectivity index (χ2v) is 6.46. The second kappa shape index (κ2) is 8.20. The molecule has 7 nitrogen and oxygen atoms in total. The van der Waals surface area contributed by atoms with Crippen molar-refractivity contribution in [3.63, 3.8) is 0 Å². The molecule has 0 radical (unpaired) electrons. The smallest absolute Gasteiger partial charge is 0.317 e. The predicted molar refractivity (Wildman–Crippen MR) is 102 cm³/mol. The molecule has 0 bridgehead atoms. The highest BCUT2D eigenvalue weighted by Gasteiger charge is 2.19. The van der Waals surface area contributed by atoms with Crippen molar-refractivity contribution in [2.75, 3.05) is 13.1 Å². The van der Waals surface area contributed by atoms with Gasteiger partial charge in [0.25, 0.3) is 0 Å². The van der Waals surface area contributed by atoms with Crippen LogP contribution in [0, 0.1) is 5.82 Å². The van der Waals surface area contributed by atoms with Crippen molar-refractivity contribution in [2.24, 2.45) is 7.05 Å². The molecular weight excluding hydrogens is 347 g/mol. The third-order valence-corrected chi connectivity index (χ3v) is 4.70. The van der Waals surface area contributed by atoms with Crippen molar-refractivity contribution in [3.8, 4) is 0 Å². The van der Waals surface area contributed by atoms with Crippen LogP contribution in [-0.4, -0.2) is 43.8 Å². The number of carbonyl (C=O) groups excluding carboxylic acids is 1. The molecule has 2 heterocycles. The maximum absolute atomic E-state index is 13.3. The highest BCUT2D eigenvalue weighted by molar-refractivity contribution is 5.75. The van der Waals surface area contributed by atoms with Crippen LogP contribution in [0.1, 0.15) is 37.8 Å². The Morgan fingerprint density at radius 3 is 2.85 bits per heavy atom. The normalized spacial score (nSPS) is 12.3. The highest BCUT2D eigenvalue weighted by atomic mass is 19.1. The maximum Gasteiger partial charge on any atom is 0.317 e. The van der Waals surface area contributed by atoms with Crippen LogP contribution in [0.5, 0.6) is 0 Å². The van der Waals surface area contributed by atoms with Gasteiger partial charge in [-0.2, -0.15) is 5.10 Å². The monoisotopic (exact) mass is 372 g/mol. The Labute approximate surface area is 157 Å². The van der Waals surface area contributed by atoms with Crippen molar-refractivity contribution in [1.29, 1.82) is 0 Å². The molecule has 2 N–H and O–H groups in total. The van der Waals surface area contributed by atoms with E-state index in [0.717, 1.165) is 23.5 Å². The van der Waals surface area contributed by atoms with Gasteiger partial charge in [-0.15, -0.1) is 0 Å². The molecule has 2 aromatic heterocycles. The number of rotatable bonds is 7. The number of hydrogen-bond acceptors (Lipinski definition) is 3. The summed E-state index contributed by atoms with van der Waals surface area (Å²) in [5, 5.41) is 7.25. The summed E-state index contributed by atoms with van der Waals surface area (Å²) in [6.07, 6.45) is 3.07. The molecule has 0 spiro atoms. The Morgan fingerprint density at radius 1 is 1.37 bits per heavy atom. The molecule has 1 atom stereocenters. The summed E-state index contributed by atoms with van der Waals surface area (Å²) >= 11 is 0. The van der Waals surface area contributed by atoms with Crippen molar-refractivity contribution in [2.45, 2.75) is 32.7 Å². The molecule has 1 aromatic carbocycles. The average molecular weight is 372 g/mol. The summed E-state index contributed by atoms with van der Waals surface area (Å²) in [7, 11) is 1.87. The summed E-state index contributed by atoms with van der Waals surface area (Å²) in [4.78, 5) is 22.0. The van der Waals surface area contributed by atoms with Gasteiger partial charge in [0.1, 0.15) is 11.6 Å². The van der Waals surface area contributed by atoms with Crippen LogP contribution in [0.2, 0.25) is 0 Å². The quantitative estimate of drug-likeness (QED) is 0.669. The molecule has 0 saturated carbocycles. The first kappa shape index (κ1) is 18.9. The van der Waals surface area contributed by atoms with E-state index in [1.54, 1.807) is 21.8 Å². The van der Waals surface area contributed by atoms with Gasteiger partial charge < -0.3 is 15.2 Å². The SMILES string of the molecule is CC[C@@H](NC(=O)N(CC)CCc1nc2ccc(F)cc2[nH]1)c1ccnn1C. The van der Waals surface area contributed by atoms with Gasteiger partial charge in [0.2, 0.25) is 0 Å². The summed E-state index contributed by atoms with van der Waals surface area (Å²) in [6, 6.07) is 6.17. The molecular formula is C19H25FN6O. The predicted octanol–water partition coefficient (Wildman–Crippen LogP) is 3.16. The van der Waals surface area contributed by atoms with Gasteiger partial charge in [0.05, 0.1) is 22.8 Å². The van der Waals surface area contributed by atoms with E-state index in [-0.39, 0.29) is 17.9 Å². The zero-order valence-electron chi connectivity index (χ0n) is 15.9. The van der Waals surface area contributed by atoms with Crippen LogP contribution in [0.15, 0.2) is 30.5 Å². The number of imidazole rings is 1. The minimum Gasteiger partial charge on any atom is -0.342 e. The number of carbonyl (C=O) groups is 1. The van der Waals surface area contributed by atoms with E-state index in [1.807, 2.05) is 27.0 Å². The lowest BCUT2D eigenvalue weighted by atomic mass is 10.1. The molecule has 0 aliphatic rings. The van der Waals surface area contributed by atoms with E-state index in [9.17, 15) is 9.18 Å². The fraction of sp³-hybridized carbons (Fsp3) is 0.421. The van der Waals surface area contributed by atoms with Crippen molar-refractivity contribution in [3.05, 3.63) is 47.8 Å². The lowest BCUT2D eigenvalue weighted by Gasteiger charge is -2.25. The largest absolute Gasteiger partial charge is 0.342 e. The number of fused-ring (bicyclic) bond motifs is 1. The molecule has 27 heavy (non-hydrogen) atoms. The summed E-state index contributed by atoms with van der Waals surface area (Å²) < 4.78 is 15.1. The fourth-order valence-electron chi connectivity index (χ4n) is 3.15. The van der Waals surface area contributed by atoms with Gasteiger partial charge in [0, 0.05) is 32.8 Å². The molecule has 8 heteroatoms. The van der Waals surface area contributed by atoms with Crippen molar-refractivity contribution >= 4 is 17.1 Å². The van der Waals surface area contributed by atoms with Crippen LogP contribution in [0.4, 0.5) is 9.18 Å². The second-order valence-electron chi connectivity index (χ2n) is 6.46. The standard InChI is InChI=1S/C19H25FN6O/c1-4-14(17-8-10-21-25(17)3)24-19(27)26(5-2)11-9-18-22-15-7-6-13(20)12-16(15)23-18/h6-8,10,12,14H,4-5,9,11H2,1-3H3,(H,22,23)(H,24,27)/t14-/m1/s1. The maximum atomic E-state index is 13.3. The van der Waals surface area contributed by atoms with E-state index in [2.05, 4.69) is 20.4 Å². The number of hydrogen-bond donors (Lipinski definition) is 2. The van der Waals surface area contributed by atoms with Gasteiger partial charge in [-0.1, -0.05) is 6.92 Å². The molecule has 0 saturated heterocycles. The number of benzene rings is 1. The third kappa shape index (κ3) is 4.27. The number of nitrogens with one attached hydrogen (secondary N) is 2. The summed E-state index contributed by atoms with van der Waals surface area (Å²) in [5.74, 6) is 0.438. The number of likely N-dealkylation sites (N-methyl/N-ethyl adjacent to an activating group) is 1. The number of aryl methyl sites for hydroxylation is 1. The summed E-state index contributed by atoms with van der Waals surface area (Å²) in [6.45, 7) is 5.08. The highest BCUT2D eigenvalue weighted by Crippen LogP contribution is 2.16. The number of amides is 2. The molecule has 144 valence electrons. The van der Waals surface area contributed by atoms with Gasteiger partial charge >= 0.3 is 6.03 Å². The van der Waals surface area contributed by atoms with E-state index in [4.69, 9.17) is 0 Å². The minimum atomic E-state index is -0.298. The molecule has 0 aliphatic carbocycles. The van der Waals surface area contributed by atoms with Gasteiger partial charge in [0.15, 0.2) is 0 Å². The van der Waals surface area contributed by atoms with Crippen molar-refractivity contribution < 1.29 is 9.18 Å². The molecule has 0 unspecified atom stereocenters. The van der Waals surface area contributed by atoms with Crippen molar-refractivity contribution in [1.82, 2.24) is 30.0 Å². The first-order valence-corrected chi connectivity index (χ1v) is 9.19. The van der Waals surface area contributed by atoms with Gasteiger partial charge in [-0.05, 0) is 37.6 Å². The Morgan fingerprint density at radius 2 is 2.19 bits per heavy atom. The Hall–Kier alpha value is -2.90. The molecule has 0 aliphatic heterocycles. The Kier molecular flexibility index (Phi) is 5.73. The molecule has 3 rings (SSSR count).